The number of amides is 3. The van der Waals surface area contributed by atoms with Crippen LogP contribution < -0.4 is 16.6 Å². The number of hydrogen-bond acceptors (Lipinski definition) is 4. The van der Waals surface area contributed by atoms with Crippen LogP contribution in [0.4, 0.5) is 19.3 Å². The van der Waals surface area contributed by atoms with E-state index in [1.807, 2.05) is 0 Å². The van der Waals surface area contributed by atoms with E-state index in [9.17, 15) is 28.5 Å². The van der Waals surface area contributed by atoms with Gasteiger partial charge in [0.25, 0.3) is 5.91 Å². The van der Waals surface area contributed by atoms with Crippen molar-refractivity contribution in [1.82, 2.24) is 10.9 Å². The number of hydrogen-bond donors (Lipinski definition) is 3. The molecule has 1 aromatic carbocycles. The smallest absolute Gasteiger partial charge is 0.330 e. The maximum absolute atomic E-state index is 13.5. The summed E-state index contributed by atoms with van der Waals surface area (Å²) in [6, 6.07) is -0.0433. The van der Waals surface area contributed by atoms with E-state index in [-0.39, 0.29) is 0 Å². The Morgan fingerprint density at radius 3 is 2.39 bits per heavy atom. The van der Waals surface area contributed by atoms with Gasteiger partial charge >= 0.3 is 11.7 Å². The van der Waals surface area contributed by atoms with E-state index in [0.717, 1.165) is 0 Å². The molecule has 0 heterocycles. The molecule has 0 bridgehead atoms. The molecule has 0 aliphatic carbocycles. The second kappa shape index (κ2) is 5.03. The molecule has 0 aliphatic heterocycles. The number of primary amides is 1. The van der Waals surface area contributed by atoms with Crippen molar-refractivity contribution in [3.63, 3.8) is 0 Å². The lowest BCUT2D eigenvalue weighted by Gasteiger charge is -2.06. The van der Waals surface area contributed by atoms with Crippen LogP contribution in [-0.4, -0.2) is 16.9 Å². The van der Waals surface area contributed by atoms with Crippen molar-refractivity contribution in [3.8, 4) is 0 Å². The van der Waals surface area contributed by atoms with E-state index < -0.39 is 39.7 Å². The van der Waals surface area contributed by atoms with Crippen molar-refractivity contribution in [2.24, 2.45) is 5.73 Å². The van der Waals surface area contributed by atoms with E-state index >= 15 is 0 Å². The number of benzene rings is 1. The molecule has 1 aromatic rings. The van der Waals surface area contributed by atoms with Crippen LogP contribution >= 0.6 is 0 Å². The minimum absolute atomic E-state index is 0.556. The summed E-state index contributed by atoms with van der Waals surface area (Å²) in [5, 5.41) is 10.4. The van der Waals surface area contributed by atoms with Crippen molar-refractivity contribution in [2.75, 3.05) is 0 Å². The van der Waals surface area contributed by atoms with Gasteiger partial charge in [-0.25, -0.2) is 14.6 Å². The first-order valence-corrected chi connectivity index (χ1v) is 4.32. The second-order valence-corrected chi connectivity index (χ2v) is 2.96. The molecule has 10 heteroatoms. The minimum atomic E-state index is -1.65. The molecule has 3 amide bonds. The molecule has 96 valence electrons. The highest BCUT2D eigenvalue weighted by molar-refractivity contribution is 5.96. The normalized spacial score (nSPS) is 9.67. The number of nitro groups is 1. The lowest BCUT2D eigenvalue weighted by Crippen LogP contribution is -2.45. The topological polar surface area (TPSA) is 127 Å². The summed E-state index contributed by atoms with van der Waals surface area (Å²) in [4.78, 5) is 30.8. The van der Waals surface area contributed by atoms with Crippen molar-refractivity contribution in [1.29, 1.82) is 0 Å². The average molecular weight is 260 g/mol. The highest BCUT2D eigenvalue weighted by atomic mass is 19.1. The summed E-state index contributed by atoms with van der Waals surface area (Å²) in [6.07, 6.45) is 0. The van der Waals surface area contributed by atoms with Gasteiger partial charge in [0, 0.05) is 6.07 Å². The first kappa shape index (κ1) is 13.3. The molecule has 0 fully saturated rings. The number of carbonyl (C=O) groups is 2. The molecule has 0 saturated heterocycles. The van der Waals surface area contributed by atoms with E-state index in [1.165, 1.54) is 0 Å². The van der Waals surface area contributed by atoms with Crippen LogP contribution in [-0.2, 0) is 0 Å². The van der Waals surface area contributed by atoms with Crippen LogP contribution in [0.3, 0.4) is 0 Å². The zero-order chi connectivity index (χ0) is 13.9. The maximum atomic E-state index is 13.5. The van der Waals surface area contributed by atoms with Gasteiger partial charge in [-0.05, 0) is 6.07 Å². The van der Waals surface area contributed by atoms with Crippen molar-refractivity contribution in [3.05, 3.63) is 39.4 Å². The largest absolute Gasteiger partial charge is 0.350 e. The third-order valence-electron chi connectivity index (χ3n) is 1.79. The summed E-state index contributed by atoms with van der Waals surface area (Å²) in [7, 11) is 0. The van der Waals surface area contributed by atoms with E-state index in [1.54, 1.807) is 10.9 Å². The Balaban J connectivity index is 3.14. The number of halogens is 2. The van der Waals surface area contributed by atoms with E-state index in [0.29, 0.717) is 12.1 Å². The van der Waals surface area contributed by atoms with Gasteiger partial charge < -0.3 is 5.73 Å². The first-order chi connectivity index (χ1) is 8.34. The molecule has 1 rings (SSSR count). The standard InChI is InChI=1S/C8H6F2N4O4/c9-3-1-2-4(14(17)18)6(10)5(3)7(15)12-13-8(11)16/h1-2H,(H,12,15)(H3,11,13,16). The van der Waals surface area contributed by atoms with Crippen molar-refractivity contribution < 1.29 is 23.3 Å². The molecule has 0 aromatic heterocycles. The molecule has 4 N–H and O–H groups in total. The summed E-state index contributed by atoms with van der Waals surface area (Å²) >= 11 is 0. The summed E-state index contributed by atoms with van der Waals surface area (Å²) in [5.74, 6) is -4.38. The Bertz CT molecular complexity index is 534. The lowest BCUT2D eigenvalue weighted by atomic mass is 10.1. The van der Waals surface area contributed by atoms with Gasteiger partial charge in [0.1, 0.15) is 11.4 Å². The molecule has 8 nitrogen and oxygen atoms in total. The summed E-state index contributed by atoms with van der Waals surface area (Å²) in [6.45, 7) is 0. The number of nitrogens with one attached hydrogen (secondary N) is 2. The molecular weight excluding hydrogens is 254 g/mol. The molecular formula is C8H6F2N4O4. The maximum Gasteiger partial charge on any atom is 0.330 e. The van der Waals surface area contributed by atoms with Crippen LogP contribution in [0, 0.1) is 21.7 Å². The molecule has 0 saturated carbocycles. The average Bonchev–Trinajstić information content (AvgIpc) is 2.25. The third kappa shape index (κ3) is 2.66. The SMILES string of the molecule is NC(=O)NNC(=O)c1c(F)ccc([N+](=O)[O-])c1F. The van der Waals surface area contributed by atoms with Gasteiger partial charge in [-0.15, -0.1) is 0 Å². The van der Waals surface area contributed by atoms with Crippen LogP contribution in [0.1, 0.15) is 10.4 Å². The molecule has 18 heavy (non-hydrogen) atoms. The van der Waals surface area contributed by atoms with Crippen molar-refractivity contribution >= 4 is 17.6 Å². The predicted molar refractivity (Wildman–Crippen MR) is 53.2 cm³/mol. The van der Waals surface area contributed by atoms with Gasteiger partial charge in [0.05, 0.1) is 4.92 Å². The van der Waals surface area contributed by atoms with Gasteiger partial charge in [0.2, 0.25) is 5.82 Å². The summed E-state index contributed by atoms with van der Waals surface area (Å²) < 4.78 is 26.7. The Morgan fingerprint density at radius 2 is 1.89 bits per heavy atom. The quantitative estimate of drug-likeness (QED) is 0.517. The Kier molecular flexibility index (Phi) is 3.72. The fourth-order valence-corrected chi connectivity index (χ4v) is 1.07. The van der Waals surface area contributed by atoms with Gasteiger partial charge in [0.15, 0.2) is 0 Å². The first-order valence-electron chi connectivity index (χ1n) is 4.32. The predicted octanol–water partition coefficient (Wildman–Crippen LogP) is 0.186. The van der Waals surface area contributed by atoms with Gasteiger partial charge in [-0.2, -0.15) is 4.39 Å². The van der Waals surface area contributed by atoms with Crippen LogP contribution in [0.15, 0.2) is 12.1 Å². The fourth-order valence-electron chi connectivity index (χ4n) is 1.07. The molecule has 0 radical (unpaired) electrons. The second-order valence-electron chi connectivity index (χ2n) is 2.96. The lowest BCUT2D eigenvalue weighted by molar-refractivity contribution is -0.387. The minimum Gasteiger partial charge on any atom is -0.350 e. The third-order valence-corrected chi connectivity index (χ3v) is 1.79. The Morgan fingerprint density at radius 1 is 1.28 bits per heavy atom. The Hall–Kier alpha value is -2.78. The number of nitrogens with two attached hydrogens (primary N) is 1. The molecule has 0 aliphatic rings. The van der Waals surface area contributed by atoms with Crippen molar-refractivity contribution in [2.45, 2.75) is 0 Å². The summed E-state index contributed by atoms with van der Waals surface area (Å²) in [5.41, 5.74) is 5.51. The van der Waals surface area contributed by atoms with Crippen LogP contribution in [0.2, 0.25) is 0 Å². The van der Waals surface area contributed by atoms with Crippen LogP contribution in [0.5, 0.6) is 0 Å². The highest BCUT2D eigenvalue weighted by Crippen LogP contribution is 2.22. The number of rotatable bonds is 2. The monoisotopic (exact) mass is 260 g/mol. The van der Waals surface area contributed by atoms with Gasteiger partial charge in [-0.3, -0.25) is 20.3 Å². The number of urea groups is 1. The van der Waals surface area contributed by atoms with Crippen LogP contribution in [0.25, 0.3) is 0 Å². The molecule has 0 atom stereocenters. The fraction of sp³-hybridized carbons (Fsp3) is 0. The number of hydrazine groups is 1. The van der Waals surface area contributed by atoms with E-state index in [4.69, 9.17) is 0 Å². The highest BCUT2D eigenvalue weighted by Gasteiger charge is 2.26. The van der Waals surface area contributed by atoms with Gasteiger partial charge in [-0.1, -0.05) is 0 Å². The number of carbonyl (C=O) groups excluding carboxylic acids is 2. The number of nitro benzene ring substituents is 1. The Labute approximate surface area is 97.9 Å². The zero-order valence-corrected chi connectivity index (χ0v) is 8.57. The zero-order valence-electron chi connectivity index (χ0n) is 8.57. The molecule has 0 spiro atoms. The molecule has 0 unspecified atom stereocenters. The number of nitrogens with zero attached hydrogens (tertiary/aromatic N) is 1. The van der Waals surface area contributed by atoms with E-state index in [2.05, 4.69) is 5.73 Å².